The van der Waals surface area contributed by atoms with E-state index < -0.39 is 11.7 Å². The molecule has 1 saturated heterocycles. The summed E-state index contributed by atoms with van der Waals surface area (Å²) in [7, 11) is 0. The molecule has 3 heterocycles. The Labute approximate surface area is 108 Å². The topological polar surface area (TPSA) is 29.3 Å². The van der Waals surface area contributed by atoms with Crippen molar-refractivity contribution >= 4 is 5.65 Å². The van der Waals surface area contributed by atoms with Gasteiger partial charge in [0.15, 0.2) is 0 Å². The summed E-state index contributed by atoms with van der Waals surface area (Å²) < 4.78 is 39.8. The summed E-state index contributed by atoms with van der Waals surface area (Å²) in [6.07, 6.45) is 0.406. The highest BCUT2D eigenvalue weighted by molar-refractivity contribution is 5.43. The molecule has 0 spiro atoms. The second-order valence-electron chi connectivity index (χ2n) is 4.85. The van der Waals surface area contributed by atoms with E-state index in [4.69, 9.17) is 0 Å². The molecule has 0 aromatic carbocycles. The number of nitrogens with zero attached hydrogens (tertiary/aromatic N) is 2. The third-order valence-electron chi connectivity index (χ3n) is 3.62. The van der Waals surface area contributed by atoms with Crippen LogP contribution in [-0.2, 0) is 6.18 Å². The number of aromatic nitrogens is 2. The van der Waals surface area contributed by atoms with Crippen molar-refractivity contribution in [3.63, 3.8) is 0 Å². The number of imidazole rings is 1. The molecule has 0 bridgehead atoms. The van der Waals surface area contributed by atoms with E-state index in [0.29, 0.717) is 5.65 Å². The summed E-state index contributed by atoms with van der Waals surface area (Å²) in [4.78, 5) is 4.19. The lowest BCUT2D eigenvalue weighted by Crippen LogP contribution is -2.27. The Morgan fingerprint density at radius 1 is 1.21 bits per heavy atom. The van der Waals surface area contributed by atoms with Gasteiger partial charge in [0, 0.05) is 24.0 Å². The van der Waals surface area contributed by atoms with Crippen molar-refractivity contribution < 1.29 is 13.2 Å². The molecular formula is C13H14F3N3. The number of halogens is 3. The zero-order valence-corrected chi connectivity index (χ0v) is 10.2. The molecule has 0 aliphatic carbocycles. The summed E-state index contributed by atoms with van der Waals surface area (Å²) in [5.74, 6) is 0.278. The van der Waals surface area contributed by atoms with Gasteiger partial charge >= 0.3 is 6.18 Å². The van der Waals surface area contributed by atoms with Gasteiger partial charge in [-0.05, 0) is 38.1 Å². The maximum absolute atomic E-state index is 12.8. The van der Waals surface area contributed by atoms with Crippen LogP contribution in [0.5, 0.6) is 0 Å². The maximum atomic E-state index is 12.8. The number of piperidine rings is 1. The summed E-state index contributed by atoms with van der Waals surface area (Å²) in [5, 5.41) is 3.25. The highest BCUT2D eigenvalue weighted by Crippen LogP contribution is 2.31. The molecule has 3 rings (SSSR count). The quantitative estimate of drug-likeness (QED) is 0.862. The normalized spacial score (nSPS) is 18.1. The molecular weight excluding hydrogens is 255 g/mol. The highest BCUT2D eigenvalue weighted by atomic mass is 19.4. The molecule has 1 fully saturated rings. The standard InChI is InChI=1S/C13H14F3N3/c14-13(15,16)10-1-2-12-18-7-11(19(12)8-10)9-3-5-17-6-4-9/h1-2,7-9,17H,3-6H2. The van der Waals surface area contributed by atoms with Crippen LogP contribution in [0.15, 0.2) is 24.5 Å². The third-order valence-corrected chi connectivity index (χ3v) is 3.62. The Hall–Kier alpha value is -1.56. The predicted octanol–water partition coefficient (Wildman–Crippen LogP) is 2.82. The van der Waals surface area contributed by atoms with E-state index >= 15 is 0 Å². The molecule has 1 N–H and O–H groups in total. The first-order valence-corrected chi connectivity index (χ1v) is 6.30. The molecule has 19 heavy (non-hydrogen) atoms. The summed E-state index contributed by atoms with van der Waals surface area (Å²) in [6, 6.07) is 2.50. The Morgan fingerprint density at radius 2 is 1.95 bits per heavy atom. The molecule has 2 aromatic rings. The third kappa shape index (κ3) is 2.32. The molecule has 2 aromatic heterocycles. The minimum atomic E-state index is -4.32. The molecule has 1 aliphatic heterocycles. The van der Waals surface area contributed by atoms with Crippen molar-refractivity contribution in [3.8, 4) is 0 Å². The van der Waals surface area contributed by atoms with E-state index in [2.05, 4.69) is 10.3 Å². The van der Waals surface area contributed by atoms with Crippen LogP contribution < -0.4 is 5.32 Å². The zero-order chi connectivity index (χ0) is 13.5. The lowest BCUT2D eigenvalue weighted by Gasteiger charge is -2.22. The van der Waals surface area contributed by atoms with Crippen molar-refractivity contribution in [1.82, 2.24) is 14.7 Å². The van der Waals surface area contributed by atoms with Gasteiger partial charge in [0.05, 0.1) is 5.56 Å². The fourth-order valence-electron chi connectivity index (χ4n) is 2.59. The van der Waals surface area contributed by atoms with Gasteiger partial charge < -0.3 is 9.72 Å². The van der Waals surface area contributed by atoms with E-state index in [0.717, 1.165) is 43.9 Å². The van der Waals surface area contributed by atoms with Crippen molar-refractivity contribution in [3.05, 3.63) is 35.8 Å². The van der Waals surface area contributed by atoms with Crippen LogP contribution >= 0.6 is 0 Å². The van der Waals surface area contributed by atoms with Gasteiger partial charge in [0.2, 0.25) is 0 Å². The Balaban J connectivity index is 2.05. The number of fused-ring (bicyclic) bond motifs is 1. The molecule has 6 heteroatoms. The van der Waals surface area contributed by atoms with E-state index in [1.54, 1.807) is 10.6 Å². The average molecular weight is 269 g/mol. The van der Waals surface area contributed by atoms with Crippen molar-refractivity contribution in [2.24, 2.45) is 0 Å². The SMILES string of the molecule is FC(F)(F)c1ccc2ncc(C3CCNCC3)n2c1. The fraction of sp³-hybridized carbons (Fsp3) is 0.462. The number of pyridine rings is 1. The first-order chi connectivity index (χ1) is 9.05. The van der Waals surface area contributed by atoms with Crippen molar-refractivity contribution in [2.45, 2.75) is 24.9 Å². The summed E-state index contributed by atoms with van der Waals surface area (Å²) in [5.41, 5.74) is 0.817. The number of nitrogens with one attached hydrogen (secondary N) is 1. The molecule has 0 atom stereocenters. The van der Waals surface area contributed by atoms with Crippen LogP contribution in [0.2, 0.25) is 0 Å². The van der Waals surface area contributed by atoms with E-state index in [1.807, 2.05) is 0 Å². The minimum absolute atomic E-state index is 0.278. The van der Waals surface area contributed by atoms with Gasteiger partial charge in [-0.3, -0.25) is 0 Å². The van der Waals surface area contributed by atoms with Crippen LogP contribution in [-0.4, -0.2) is 22.5 Å². The molecule has 0 amide bonds. The Morgan fingerprint density at radius 3 is 2.63 bits per heavy atom. The predicted molar refractivity (Wildman–Crippen MR) is 65.0 cm³/mol. The summed E-state index contributed by atoms with van der Waals surface area (Å²) in [6.45, 7) is 1.80. The van der Waals surface area contributed by atoms with Gasteiger partial charge in [0.1, 0.15) is 5.65 Å². The number of hydrogen-bond acceptors (Lipinski definition) is 2. The van der Waals surface area contributed by atoms with Crippen molar-refractivity contribution in [1.29, 1.82) is 0 Å². The minimum Gasteiger partial charge on any atom is -0.317 e. The second kappa shape index (κ2) is 4.52. The lowest BCUT2D eigenvalue weighted by molar-refractivity contribution is -0.137. The maximum Gasteiger partial charge on any atom is 0.417 e. The molecule has 0 saturated carbocycles. The zero-order valence-electron chi connectivity index (χ0n) is 10.2. The van der Waals surface area contributed by atoms with E-state index in [-0.39, 0.29) is 5.92 Å². The lowest BCUT2D eigenvalue weighted by atomic mass is 9.95. The first-order valence-electron chi connectivity index (χ1n) is 6.30. The van der Waals surface area contributed by atoms with Crippen LogP contribution in [0.25, 0.3) is 5.65 Å². The first kappa shape index (κ1) is 12.5. The van der Waals surface area contributed by atoms with Gasteiger partial charge in [-0.2, -0.15) is 13.2 Å². The number of alkyl halides is 3. The van der Waals surface area contributed by atoms with Crippen LogP contribution in [0.4, 0.5) is 13.2 Å². The monoisotopic (exact) mass is 269 g/mol. The summed E-state index contributed by atoms with van der Waals surface area (Å²) >= 11 is 0. The number of hydrogen-bond donors (Lipinski definition) is 1. The van der Waals surface area contributed by atoms with Crippen LogP contribution in [0.3, 0.4) is 0 Å². The van der Waals surface area contributed by atoms with Gasteiger partial charge in [-0.25, -0.2) is 4.98 Å². The second-order valence-corrected chi connectivity index (χ2v) is 4.85. The fourth-order valence-corrected chi connectivity index (χ4v) is 2.59. The van der Waals surface area contributed by atoms with E-state index in [1.165, 1.54) is 6.07 Å². The molecule has 3 nitrogen and oxygen atoms in total. The molecule has 1 aliphatic rings. The van der Waals surface area contributed by atoms with E-state index in [9.17, 15) is 13.2 Å². The average Bonchev–Trinajstić information content (AvgIpc) is 2.81. The van der Waals surface area contributed by atoms with Gasteiger partial charge in [-0.1, -0.05) is 0 Å². The largest absolute Gasteiger partial charge is 0.417 e. The van der Waals surface area contributed by atoms with Gasteiger partial charge in [-0.15, -0.1) is 0 Å². The van der Waals surface area contributed by atoms with Crippen LogP contribution in [0.1, 0.15) is 30.0 Å². The molecule has 0 unspecified atom stereocenters. The molecule has 102 valence electrons. The van der Waals surface area contributed by atoms with Gasteiger partial charge in [0.25, 0.3) is 0 Å². The highest BCUT2D eigenvalue weighted by Gasteiger charge is 2.31. The number of rotatable bonds is 1. The van der Waals surface area contributed by atoms with Crippen LogP contribution in [0, 0.1) is 0 Å². The van der Waals surface area contributed by atoms with Crippen molar-refractivity contribution in [2.75, 3.05) is 13.1 Å². The smallest absolute Gasteiger partial charge is 0.317 e. The Kier molecular flexibility index (Phi) is 2.97. The Bertz CT molecular complexity index is 582. The molecule has 0 radical (unpaired) electrons.